The summed E-state index contributed by atoms with van der Waals surface area (Å²) >= 11 is 0.789. The predicted octanol–water partition coefficient (Wildman–Crippen LogP) is 4.11. The number of nitrogens with one attached hydrogen (secondary N) is 1. The van der Waals surface area contributed by atoms with Crippen molar-refractivity contribution in [3.63, 3.8) is 0 Å². The number of hydrogen-bond acceptors (Lipinski definition) is 5. The Bertz CT molecular complexity index is 1070. The van der Waals surface area contributed by atoms with Crippen LogP contribution >= 0.6 is 11.8 Å². The summed E-state index contributed by atoms with van der Waals surface area (Å²) < 4.78 is 5.16. The normalized spacial score (nSPS) is 15.7. The van der Waals surface area contributed by atoms with E-state index in [1.54, 1.807) is 18.2 Å². The maximum absolute atomic E-state index is 12.4. The van der Waals surface area contributed by atoms with Gasteiger partial charge in [0.25, 0.3) is 11.1 Å². The smallest absolute Gasteiger partial charge is 0.294 e. The van der Waals surface area contributed by atoms with Gasteiger partial charge in [0.1, 0.15) is 12.3 Å². The van der Waals surface area contributed by atoms with Crippen LogP contribution in [-0.2, 0) is 9.59 Å². The number of rotatable bonds is 4. The van der Waals surface area contributed by atoms with Crippen molar-refractivity contribution < 1.29 is 18.8 Å². The lowest BCUT2D eigenvalue weighted by Gasteiger charge is -2.13. The first-order valence-corrected chi connectivity index (χ1v) is 9.00. The Morgan fingerprint density at radius 2 is 1.89 bits per heavy atom. The second-order valence-electron chi connectivity index (χ2n) is 5.86. The summed E-state index contributed by atoms with van der Waals surface area (Å²) in [6.07, 6.45) is 2.97. The van der Waals surface area contributed by atoms with Gasteiger partial charge in [-0.25, -0.2) is 0 Å². The van der Waals surface area contributed by atoms with Gasteiger partial charge in [0.05, 0.1) is 11.2 Å². The second-order valence-corrected chi connectivity index (χ2v) is 6.85. The van der Waals surface area contributed by atoms with E-state index in [1.807, 2.05) is 36.4 Å². The number of imide groups is 1. The Kier molecular flexibility index (Phi) is 4.52. The van der Waals surface area contributed by atoms with E-state index in [9.17, 15) is 14.4 Å². The van der Waals surface area contributed by atoms with Crippen molar-refractivity contribution in [3.05, 3.63) is 71.5 Å². The largest absolute Gasteiger partial charge is 0.465 e. The summed E-state index contributed by atoms with van der Waals surface area (Å²) in [5.74, 6) is -0.469. The molecule has 0 bridgehead atoms. The van der Waals surface area contributed by atoms with Crippen LogP contribution in [0.1, 0.15) is 5.76 Å². The van der Waals surface area contributed by atoms with Crippen molar-refractivity contribution in [3.8, 4) is 0 Å². The van der Waals surface area contributed by atoms with E-state index in [2.05, 4.69) is 5.32 Å². The third-order valence-electron chi connectivity index (χ3n) is 4.06. The Balaban J connectivity index is 1.49. The van der Waals surface area contributed by atoms with Gasteiger partial charge >= 0.3 is 0 Å². The van der Waals surface area contributed by atoms with Gasteiger partial charge in [-0.15, -0.1) is 0 Å². The van der Waals surface area contributed by atoms with E-state index in [1.165, 1.54) is 12.3 Å². The van der Waals surface area contributed by atoms with Gasteiger partial charge in [-0.2, -0.15) is 0 Å². The molecule has 1 aromatic heterocycles. The molecule has 2 aromatic carbocycles. The highest BCUT2D eigenvalue weighted by atomic mass is 32.2. The average Bonchev–Trinajstić information content (AvgIpc) is 3.26. The molecule has 1 aliphatic rings. The average molecular weight is 378 g/mol. The van der Waals surface area contributed by atoms with Gasteiger partial charge in [-0.05, 0) is 35.3 Å². The number of thioether (sulfide) groups is 1. The molecule has 1 saturated heterocycles. The molecule has 0 atom stereocenters. The third-order valence-corrected chi connectivity index (χ3v) is 4.96. The molecule has 134 valence electrons. The molecule has 6 nitrogen and oxygen atoms in total. The number of carbonyl (C=O) groups excluding carboxylic acids is 3. The first kappa shape index (κ1) is 17.1. The standard InChI is InChI=1S/C20H14N2O4S/c23-18(21-16-9-3-6-13-5-1-2-8-15(13)16)12-22-19(24)17(27-20(22)25)11-14-7-4-10-26-14/h1-11H,12H2,(H,21,23)/b17-11+. The van der Waals surface area contributed by atoms with Gasteiger partial charge in [0.2, 0.25) is 5.91 Å². The highest BCUT2D eigenvalue weighted by Gasteiger charge is 2.36. The van der Waals surface area contributed by atoms with Gasteiger partial charge in [-0.3, -0.25) is 19.3 Å². The van der Waals surface area contributed by atoms with Crippen molar-refractivity contribution in [2.45, 2.75) is 0 Å². The molecule has 0 aliphatic carbocycles. The van der Waals surface area contributed by atoms with E-state index in [0.29, 0.717) is 11.4 Å². The van der Waals surface area contributed by atoms with E-state index < -0.39 is 17.1 Å². The lowest BCUT2D eigenvalue weighted by molar-refractivity contribution is -0.127. The highest BCUT2D eigenvalue weighted by Crippen LogP contribution is 2.32. The molecule has 3 aromatic rings. The van der Waals surface area contributed by atoms with Gasteiger partial charge in [0, 0.05) is 17.1 Å². The number of amides is 3. The number of nitrogens with zero attached hydrogens (tertiary/aromatic N) is 1. The van der Waals surface area contributed by atoms with Gasteiger partial charge in [-0.1, -0.05) is 36.4 Å². The predicted molar refractivity (Wildman–Crippen MR) is 104 cm³/mol. The summed E-state index contributed by atoms with van der Waals surface area (Å²) in [5, 5.41) is 4.18. The molecule has 7 heteroatoms. The molecule has 0 saturated carbocycles. The van der Waals surface area contributed by atoms with Crippen LogP contribution in [0, 0.1) is 0 Å². The molecular weight excluding hydrogens is 364 g/mol. The van der Waals surface area contributed by atoms with Crippen LogP contribution in [0.3, 0.4) is 0 Å². The van der Waals surface area contributed by atoms with Crippen LogP contribution in [-0.4, -0.2) is 28.5 Å². The Morgan fingerprint density at radius 1 is 1.07 bits per heavy atom. The minimum Gasteiger partial charge on any atom is -0.465 e. The zero-order chi connectivity index (χ0) is 18.8. The van der Waals surface area contributed by atoms with E-state index in [0.717, 1.165) is 27.4 Å². The number of furan rings is 1. The Morgan fingerprint density at radius 3 is 2.70 bits per heavy atom. The number of anilines is 1. The minimum absolute atomic E-state index is 0.230. The minimum atomic E-state index is -0.505. The van der Waals surface area contributed by atoms with Crippen LogP contribution in [0.15, 0.2) is 70.2 Å². The second kappa shape index (κ2) is 7.13. The molecule has 1 aliphatic heterocycles. The first-order chi connectivity index (χ1) is 13.1. The molecular formula is C20H14N2O4S. The molecule has 0 radical (unpaired) electrons. The fourth-order valence-electron chi connectivity index (χ4n) is 2.81. The topological polar surface area (TPSA) is 79.6 Å². The SMILES string of the molecule is O=C(CN1C(=O)S/C(=C/c2ccco2)C1=O)Nc1cccc2ccccc12. The zero-order valence-corrected chi connectivity index (χ0v) is 14.9. The molecule has 1 fully saturated rings. The fourth-order valence-corrected chi connectivity index (χ4v) is 3.63. The van der Waals surface area contributed by atoms with Crippen molar-refractivity contribution in [2.75, 3.05) is 11.9 Å². The summed E-state index contributed by atoms with van der Waals surface area (Å²) in [4.78, 5) is 38.2. The molecule has 0 spiro atoms. The van der Waals surface area contributed by atoms with Crippen LogP contribution in [0.5, 0.6) is 0 Å². The summed E-state index contributed by atoms with van der Waals surface area (Å²) in [7, 11) is 0. The Labute approximate surface area is 158 Å². The highest BCUT2D eigenvalue weighted by molar-refractivity contribution is 8.18. The molecule has 4 rings (SSSR count). The van der Waals surface area contributed by atoms with Gasteiger partial charge in [0.15, 0.2) is 0 Å². The van der Waals surface area contributed by atoms with Crippen molar-refractivity contribution >= 4 is 51.4 Å². The lowest BCUT2D eigenvalue weighted by atomic mass is 10.1. The van der Waals surface area contributed by atoms with E-state index in [4.69, 9.17) is 4.42 Å². The molecule has 1 N–H and O–H groups in total. The van der Waals surface area contributed by atoms with Crippen LogP contribution in [0.4, 0.5) is 10.5 Å². The molecule has 27 heavy (non-hydrogen) atoms. The summed E-state index contributed by atoms with van der Waals surface area (Å²) in [5.41, 5.74) is 0.635. The van der Waals surface area contributed by atoms with Crippen LogP contribution in [0.2, 0.25) is 0 Å². The summed E-state index contributed by atoms with van der Waals surface area (Å²) in [6.45, 7) is -0.344. The van der Waals surface area contributed by atoms with Crippen LogP contribution in [0.25, 0.3) is 16.8 Å². The van der Waals surface area contributed by atoms with E-state index >= 15 is 0 Å². The number of carbonyl (C=O) groups is 3. The van der Waals surface area contributed by atoms with Crippen molar-refractivity contribution in [1.82, 2.24) is 4.90 Å². The molecule has 2 heterocycles. The fraction of sp³-hybridized carbons (Fsp3) is 0.0500. The zero-order valence-electron chi connectivity index (χ0n) is 14.0. The number of fused-ring (bicyclic) bond motifs is 1. The number of hydrogen-bond donors (Lipinski definition) is 1. The maximum Gasteiger partial charge on any atom is 0.294 e. The van der Waals surface area contributed by atoms with Gasteiger partial charge < -0.3 is 9.73 Å². The molecule has 0 unspecified atom stereocenters. The van der Waals surface area contributed by atoms with E-state index in [-0.39, 0.29) is 11.4 Å². The van der Waals surface area contributed by atoms with Crippen molar-refractivity contribution in [2.24, 2.45) is 0 Å². The quantitative estimate of drug-likeness (QED) is 0.691. The van der Waals surface area contributed by atoms with Crippen LogP contribution < -0.4 is 5.32 Å². The Hall–Kier alpha value is -3.32. The molecule has 3 amide bonds. The van der Waals surface area contributed by atoms with Crippen molar-refractivity contribution in [1.29, 1.82) is 0 Å². The maximum atomic E-state index is 12.4. The third kappa shape index (κ3) is 3.50. The summed E-state index contributed by atoms with van der Waals surface area (Å²) in [6, 6.07) is 16.6. The lowest BCUT2D eigenvalue weighted by Crippen LogP contribution is -2.36. The first-order valence-electron chi connectivity index (χ1n) is 8.18. The monoisotopic (exact) mass is 378 g/mol. The number of benzene rings is 2.